The van der Waals surface area contributed by atoms with Gasteiger partial charge in [0.15, 0.2) is 12.0 Å². The summed E-state index contributed by atoms with van der Waals surface area (Å²) in [6.07, 6.45) is 9.13. The molecule has 26 heavy (non-hydrogen) atoms. The van der Waals surface area contributed by atoms with Crippen molar-refractivity contribution in [2.45, 2.75) is 24.6 Å². The number of hydrazine groups is 1. The Labute approximate surface area is 149 Å². The van der Waals surface area contributed by atoms with Crippen molar-refractivity contribution in [2.75, 3.05) is 17.2 Å². The summed E-state index contributed by atoms with van der Waals surface area (Å²) in [6, 6.07) is 8.23. The third-order valence-corrected chi connectivity index (χ3v) is 5.35. The van der Waals surface area contributed by atoms with E-state index in [4.69, 9.17) is 9.73 Å². The Morgan fingerprint density at radius 2 is 2.12 bits per heavy atom. The fourth-order valence-corrected chi connectivity index (χ4v) is 3.76. The molecule has 9 heteroatoms. The van der Waals surface area contributed by atoms with Gasteiger partial charge in [0.1, 0.15) is 24.0 Å². The molecule has 3 aromatic rings. The summed E-state index contributed by atoms with van der Waals surface area (Å²) in [5.41, 5.74) is 2.79. The van der Waals surface area contributed by atoms with E-state index >= 15 is 0 Å². The van der Waals surface area contributed by atoms with Crippen LogP contribution in [0.25, 0.3) is 5.69 Å². The lowest BCUT2D eigenvalue weighted by Gasteiger charge is -2.36. The van der Waals surface area contributed by atoms with E-state index < -0.39 is 0 Å². The minimum Gasteiger partial charge on any atom is -0.372 e. The lowest BCUT2D eigenvalue weighted by molar-refractivity contribution is 0.0751. The molecule has 1 atom stereocenters. The Morgan fingerprint density at radius 1 is 1.23 bits per heavy atom. The molecule has 1 unspecified atom stereocenters. The van der Waals surface area contributed by atoms with Gasteiger partial charge in [-0.3, -0.25) is 4.57 Å². The Bertz CT molecular complexity index is 1030. The van der Waals surface area contributed by atoms with Crippen LogP contribution in [0.3, 0.4) is 0 Å². The highest BCUT2D eigenvalue weighted by Gasteiger charge is 2.48. The van der Waals surface area contributed by atoms with E-state index in [0.717, 1.165) is 35.6 Å². The average Bonchev–Trinajstić information content (AvgIpc) is 3.09. The number of ether oxygens (including phenoxy) is 1. The summed E-state index contributed by atoms with van der Waals surface area (Å²) in [6.45, 7) is 0. The van der Waals surface area contributed by atoms with Gasteiger partial charge >= 0.3 is 0 Å². The third-order valence-electron chi connectivity index (χ3n) is 5.35. The molecule has 1 fully saturated rings. The predicted octanol–water partition coefficient (Wildman–Crippen LogP) is 1.51. The molecule has 2 aliphatic heterocycles. The van der Waals surface area contributed by atoms with Crippen LogP contribution in [0, 0.1) is 0 Å². The monoisotopic (exact) mass is 348 g/mol. The molecule has 0 N–H and O–H groups in total. The molecule has 0 amide bonds. The highest BCUT2D eigenvalue weighted by atomic mass is 16.5. The van der Waals surface area contributed by atoms with Crippen LogP contribution in [0.5, 0.6) is 0 Å². The maximum atomic E-state index is 5.61. The average molecular weight is 348 g/mol. The van der Waals surface area contributed by atoms with Crippen LogP contribution in [0.2, 0.25) is 0 Å². The van der Waals surface area contributed by atoms with E-state index in [9.17, 15) is 0 Å². The lowest BCUT2D eigenvalue weighted by atomic mass is 10.1. The lowest BCUT2D eigenvalue weighted by Crippen LogP contribution is -2.49. The minimum absolute atomic E-state index is 0.152. The van der Waals surface area contributed by atoms with Gasteiger partial charge in [0.2, 0.25) is 0 Å². The predicted molar refractivity (Wildman–Crippen MR) is 93.4 cm³/mol. The molecule has 2 aromatic heterocycles. The molecular weight excluding hydrogens is 332 g/mol. The number of hydrogen-bond acceptors (Lipinski definition) is 7. The number of hydrogen-bond donors (Lipinski definition) is 0. The van der Waals surface area contributed by atoms with E-state index in [1.807, 2.05) is 36.0 Å². The molecule has 1 saturated carbocycles. The minimum atomic E-state index is -0.273. The number of nitrogens with zero attached hydrogens (tertiary/aromatic N) is 8. The SMILES string of the molecule is COC1(c2cn(N3C=NC4c5ccccc5-n5cncc5N43)nn2)CC1. The fraction of sp³-hybridized carbons (Fsp3) is 0.294. The first kappa shape index (κ1) is 14.0. The van der Waals surface area contributed by atoms with Gasteiger partial charge in [-0.05, 0) is 24.1 Å². The maximum Gasteiger partial charge on any atom is 0.173 e. The Kier molecular flexibility index (Phi) is 2.53. The number of aromatic nitrogens is 5. The number of para-hydroxylation sites is 1. The van der Waals surface area contributed by atoms with E-state index in [0.29, 0.717) is 0 Å². The molecule has 130 valence electrons. The molecule has 0 bridgehead atoms. The summed E-state index contributed by atoms with van der Waals surface area (Å²) < 4.78 is 7.67. The molecule has 0 spiro atoms. The standard InChI is InChI=1S/C17H16N8O/c1-26-17(6-7-17)14-9-23(21-20-14)24-11-19-16-12-4-2-3-5-13(12)22-10-18-8-15(22)25(16)24/h2-5,8-11,16H,6-7H2,1H3. The molecule has 6 rings (SSSR count). The summed E-state index contributed by atoms with van der Waals surface area (Å²) in [5.74, 6) is 0.927. The van der Waals surface area contributed by atoms with E-state index in [1.54, 1.807) is 18.2 Å². The number of fused-ring (bicyclic) bond motifs is 6. The van der Waals surface area contributed by atoms with Crippen LogP contribution in [0.1, 0.15) is 30.3 Å². The van der Waals surface area contributed by atoms with Crippen LogP contribution in [0.4, 0.5) is 5.82 Å². The number of rotatable bonds is 3. The number of aliphatic imine (C=N–C) groups is 1. The molecule has 0 saturated heterocycles. The van der Waals surface area contributed by atoms with Gasteiger partial charge in [0, 0.05) is 12.7 Å². The van der Waals surface area contributed by atoms with Crippen molar-refractivity contribution in [2.24, 2.45) is 4.99 Å². The zero-order chi connectivity index (χ0) is 17.3. The first-order chi connectivity index (χ1) is 12.8. The molecule has 1 aromatic carbocycles. The van der Waals surface area contributed by atoms with Crippen molar-refractivity contribution in [3.8, 4) is 5.69 Å². The smallest absolute Gasteiger partial charge is 0.173 e. The number of benzene rings is 1. The fourth-order valence-electron chi connectivity index (χ4n) is 3.76. The molecule has 9 nitrogen and oxygen atoms in total. The summed E-state index contributed by atoms with van der Waals surface area (Å²) >= 11 is 0. The molecular formula is C17H16N8O. The Morgan fingerprint density at radius 3 is 2.96 bits per heavy atom. The van der Waals surface area contributed by atoms with Gasteiger partial charge in [-0.2, -0.15) is 5.12 Å². The van der Waals surface area contributed by atoms with E-state index in [-0.39, 0.29) is 11.8 Å². The number of imidazole rings is 1. The second-order valence-electron chi connectivity index (χ2n) is 6.71. The van der Waals surface area contributed by atoms with Crippen molar-refractivity contribution in [1.29, 1.82) is 0 Å². The van der Waals surface area contributed by atoms with Crippen LogP contribution >= 0.6 is 0 Å². The second-order valence-corrected chi connectivity index (χ2v) is 6.71. The highest BCUT2D eigenvalue weighted by Crippen LogP contribution is 2.48. The van der Waals surface area contributed by atoms with Crippen LogP contribution in [-0.4, -0.2) is 38.1 Å². The van der Waals surface area contributed by atoms with Gasteiger partial charge in [-0.15, -0.1) is 9.89 Å². The highest BCUT2D eigenvalue weighted by molar-refractivity contribution is 5.78. The van der Waals surface area contributed by atoms with Gasteiger partial charge in [-0.1, -0.05) is 18.2 Å². The molecule has 4 heterocycles. The van der Waals surface area contributed by atoms with Crippen LogP contribution < -0.4 is 10.1 Å². The molecule has 3 aliphatic rings. The quantitative estimate of drug-likeness (QED) is 0.714. The van der Waals surface area contributed by atoms with Crippen molar-refractivity contribution >= 4 is 12.2 Å². The second kappa shape index (κ2) is 4.70. The van der Waals surface area contributed by atoms with Crippen molar-refractivity contribution in [1.82, 2.24) is 24.7 Å². The number of methoxy groups -OCH3 is 1. The Hall–Kier alpha value is -3.20. The summed E-state index contributed by atoms with van der Waals surface area (Å²) in [5, 5.41) is 12.5. The third kappa shape index (κ3) is 1.67. The first-order valence-corrected chi connectivity index (χ1v) is 8.52. The van der Waals surface area contributed by atoms with Gasteiger partial charge in [0.05, 0.1) is 18.1 Å². The van der Waals surface area contributed by atoms with Crippen LogP contribution in [-0.2, 0) is 10.3 Å². The van der Waals surface area contributed by atoms with Crippen molar-refractivity contribution in [3.05, 3.63) is 54.2 Å². The number of anilines is 1. The largest absolute Gasteiger partial charge is 0.372 e. The van der Waals surface area contributed by atoms with Crippen LogP contribution in [0.15, 0.2) is 48.0 Å². The molecule has 1 aliphatic carbocycles. The van der Waals surface area contributed by atoms with E-state index in [2.05, 4.69) is 37.0 Å². The van der Waals surface area contributed by atoms with Gasteiger partial charge in [-0.25, -0.2) is 15.0 Å². The van der Waals surface area contributed by atoms with Crippen molar-refractivity contribution < 1.29 is 4.74 Å². The molecule has 0 radical (unpaired) electrons. The van der Waals surface area contributed by atoms with Crippen molar-refractivity contribution in [3.63, 3.8) is 0 Å². The summed E-state index contributed by atoms with van der Waals surface area (Å²) in [4.78, 5) is 10.7. The maximum absolute atomic E-state index is 5.61. The zero-order valence-corrected chi connectivity index (χ0v) is 14.1. The Balaban J connectivity index is 1.44. The normalized spacial score (nSPS) is 21.5. The first-order valence-electron chi connectivity index (χ1n) is 8.52. The van der Waals surface area contributed by atoms with Gasteiger partial charge < -0.3 is 4.74 Å². The van der Waals surface area contributed by atoms with Gasteiger partial charge in [0.25, 0.3) is 0 Å². The summed E-state index contributed by atoms with van der Waals surface area (Å²) in [7, 11) is 1.72. The van der Waals surface area contributed by atoms with E-state index in [1.165, 1.54) is 0 Å². The zero-order valence-electron chi connectivity index (χ0n) is 14.1. The topological polar surface area (TPSA) is 76.6 Å².